The number of hydrogen-bond donors (Lipinski definition) is 0. The molecule has 23 heavy (non-hydrogen) atoms. The van der Waals surface area contributed by atoms with E-state index in [1.165, 1.54) is 10.9 Å². The third-order valence-electron chi connectivity index (χ3n) is 3.80. The molecule has 2 aromatic carbocycles. The molecule has 1 heterocycles. The van der Waals surface area contributed by atoms with Gasteiger partial charge in [0.2, 0.25) is 5.88 Å². The first-order valence-electron chi connectivity index (χ1n) is 7.88. The number of nitrogens with zero attached hydrogens (tertiary/aromatic N) is 2. The van der Waals surface area contributed by atoms with Gasteiger partial charge in [0.15, 0.2) is 0 Å². The molecule has 0 amide bonds. The van der Waals surface area contributed by atoms with Crippen molar-refractivity contribution in [1.82, 2.24) is 9.88 Å². The number of fused-ring (bicyclic) bond motifs is 1. The van der Waals surface area contributed by atoms with Crippen molar-refractivity contribution in [2.75, 3.05) is 27.2 Å². The fourth-order valence-corrected chi connectivity index (χ4v) is 2.58. The number of likely N-dealkylation sites (N-methyl/N-ethyl adjacent to an activating group) is 1. The van der Waals surface area contributed by atoms with Crippen LogP contribution in [0.3, 0.4) is 0 Å². The third kappa shape index (κ3) is 3.69. The Morgan fingerprint density at radius 3 is 2.52 bits per heavy atom. The molecule has 3 nitrogen and oxygen atoms in total. The number of aromatic nitrogens is 1. The van der Waals surface area contributed by atoms with E-state index in [9.17, 15) is 0 Å². The van der Waals surface area contributed by atoms with Gasteiger partial charge in [0, 0.05) is 23.6 Å². The smallest absolute Gasteiger partial charge is 0.214 e. The van der Waals surface area contributed by atoms with E-state index < -0.39 is 0 Å². The monoisotopic (exact) mass is 306 g/mol. The molecule has 3 aromatic rings. The van der Waals surface area contributed by atoms with Crippen molar-refractivity contribution in [3.63, 3.8) is 0 Å². The van der Waals surface area contributed by atoms with E-state index in [1.807, 2.05) is 38.4 Å². The highest BCUT2D eigenvalue weighted by atomic mass is 16.5. The van der Waals surface area contributed by atoms with Crippen LogP contribution in [0.4, 0.5) is 0 Å². The maximum Gasteiger partial charge on any atom is 0.214 e. The van der Waals surface area contributed by atoms with Gasteiger partial charge >= 0.3 is 0 Å². The van der Waals surface area contributed by atoms with Crippen molar-refractivity contribution in [3.05, 3.63) is 60.2 Å². The van der Waals surface area contributed by atoms with Crippen molar-refractivity contribution >= 4 is 10.8 Å². The number of benzene rings is 2. The third-order valence-corrected chi connectivity index (χ3v) is 3.80. The van der Waals surface area contributed by atoms with E-state index in [4.69, 9.17) is 9.72 Å². The van der Waals surface area contributed by atoms with Crippen molar-refractivity contribution in [1.29, 1.82) is 0 Å². The molecule has 0 aliphatic heterocycles. The molecular weight excluding hydrogens is 284 g/mol. The summed E-state index contributed by atoms with van der Waals surface area (Å²) in [4.78, 5) is 6.86. The fraction of sp³-hybridized carbons (Fsp3) is 0.250. The maximum absolute atomic E-state index is 5.87. The zero-order valence-corrected chi connectivity index (χ0v) is 13.9. The first kappa shape index (κ1) is 15.5. The van der Waals surface area contributed by atoms with E-state index in [0.29, 0.717) is 12.5 Å². The summed E-state index contributed by atoms with van der Waals surface area (Å²) in [6, 6.07) is 18.8. The number of aryl methyl sites for hydroxylation is 1. The maximum atomic E-state index is 5.87. The van der Waals surface area contributed by atoms with Gasteiger partial charge in [-0.05, 0) is 26.4 Å². The highest BCUT2D eigenvalue weighted by Crippen LogP contribution is 2.30. The van der Waals surface area contributed by atoms with Crippen LogP contribution in [0.1, 0.15) is 5.56 Å². The van der Waals surface area contributed by atoms with Gasteiger partial charge in [-0.25, -0.2) is 4.98 Å². The van der Waals surface area contributed by atoms with E-state index in [0.717, 1.165) is 23.2 Å². The molecular formula is C20H22N2O. The Bertz CT molecular complexity index is 797. The lowest BCUT2D eigenvalue weighted by molar-refractivity contribution is 0.254. The fourth-order valence-electron chi connectivity index (χ4n) is 2.58. The Hall–Kier alpha value is -2.39. The summed E-state index contributed by atoms with van der Waals surface area (Å²) in [5, 5.41) is 2.32. The predicted molar refractivity (Wildman–Crippen MR) is 96.0 cm³/mol. The number of rotatable bonds is 5. The molecule has 0 saturated carbocycles. The number of hydrogen-bond acceptors (Lipinski definition) is 3. The van der Waals surface area contributed by atoms with Crippen molar-refractivity contribution in [2.24, 2.45) is 0 Å². The van der Waals surface area contributed by atoms with Crippen molar-refractivity contribution in [3.8, 4) is 17.1 Å². The average Bonchev–Trinajstić information content (AvgIpc) is 2.54. The molecule has 0 radical (unpaired) electrons. The molecule has 0 aliphatic carbocycles. The second kappa shape index (κ2) is 6.80. The minimum absolute atomic E-state index is 0.631. The van der Waals surface area contributed by atoms with Gasteiger partial charge in [-0.15, -0.1) is 0 Å². The summed E-state index contributed by atoms with van der Waals surface area (Å²) in [7, 11) is 4.08. The standard InChI is InChI=1S/C20H22N2O/c1-15-9-10-18-17(13-15)14-19(23-12-11-22(2)3)21-20(18)16-7-5-4-6-8-16/h4-10,13-14H,11-12H2,1-3H3. The summed E-state index contributed by atoms with van der Waals surface area (Å²) in [6.45, 7) is 3.61. The number of pyridine rings is 1. The Labute approximate surface area is 137 Å². The lowest BCUT2D eigenvalue weighted by Gasteiger charge is -2.13. The molecule has 0 aliphatic rings. The highest BCUT2D eigenvalue weighted by Gasteiger charge is 2.09. The van der Waals surface area contributed by atoms with Crippen molar-refractivity contribution in [2.45, 2.75) is 6.92 Å². The minimum Gasteiger partial charge on any atom is -0.476 e. The van der Waals surface area contributed by atoms with Crippen LogP contribution in [0.15, 0.2) is 54.6 Å². The van der Waals surface area contributed by atoms with E-state index in [1.54, 1.807) is 0 Å². The van der Waals surface area contributed by atoms with Crippen LogP contribution in [-0.4, -0.2) is 37.1 Å². The number of ether oxygens (including phenoxy) is 1. The molecule has 1 aromatic heterocycles. The molecule has 118 valence electrons. The Balaban J connectivity index is 2.05. The van der Waals surface area contributed by atoms with Crippen LogP contribution >= 0.6 is 0 Å². The lowest BCUT2D eigenvalue weighted by Crippen LogP contribution is -2.19. The normalized spacial score (nSPS) is 11.1. The zero-order chi connectivity index (χ0) is 16.2. The average molecular weight is 306 g/mol. The van der Waals surface area contributed by atoms with Crippen LogP contribution in [0.25, 0.3) is 22.0 Å². The SMILES string of the molecule is Cc1ccc2c(-c3ccccc3)nc(OCCN(C)C)cc2c1. The van der Waals surface area contributed by atoms with Crippen LogP contribution < -0.4 is 4.74 Å². The predicted octanol–water partition coefficient (Wildman–Crippen LogP) is 4.15. The van der Waals surface area contributed by atoms with E-state index >= 15 is 0 Å². The van der Waals surface area contributed by atoms with Gasteiger partial charge in [-0.1, -0.05) is 54.1 Å². The highest BCUT2D eigenvalue weighted by molar-refractivity contribution is 5.95. The Morgan fingerprint density at radius 2 is 1.78 bits per heavy atom. The summed E-state index contributed by atoms with van der Waals surface area (Å²) in [6.07, 6.45) is 0. The summed E-state index contributed by atoms with van der Waals surface area (Å²) >= 11 is 0. The summed E-state index contributed by atoms with van der Waals surface area (Å²) < 4.78 is 5.87. The summed E-state index contributed by atoms with van der Waals surface area (Å²) in [5.41, 5.74) is 3.32. The molecule has 3 heteroatoms. The molecule has 0 N–H and O–H groups in total. The molecule has 0 bridgehead atoms. The van der Waals surface area contributed by atoms with Gasteiger partial charge in [-0.3, -0.25) is 0 Å². The molecule has 0 saturated heterocycles. The van der Waals surface area contributed by atoms with E-state index in [2.05, 4.69) is 42.2 Å². The topological polar surface area (TPSA) is 25.4 Å². The van der Waals surface area contributed by atoms with Gasteiger partial charge in [0.25, 0.3) is 0 Å². The lowest BCUT2D eigenvalue weighted by atomic mass is 10.0. The molecule has 0 spiro atoms. The molecule has 0 fully saturated rings. The van der Waals surface area contributed by atoms with Crippen LogP contribution in [0.2, 0.25) is 0 Å². The Kier molecular flexibility index (Phi) is 4.58. The zero-order valence-electron chi connectivity index (χ0n) is 13.9. The van der Waals surface area contributed by atoms with Crippen molar-refractivity contribution < 1.29 is 4.74 Å². The summed E-state index contributed by atoms with van der Waals surface area (Å²) in [5.74, 6) is 0.684. The van der Waals surface area contributed by atoms with Gasteiger partial charge in [-0.2, -0.15) is 0 Å². The van der Waals surface area contributed by atoms with Gasteiger partial charge in [0.05, 0.1) is 5.69 Å². The van der Waals surface area contributed by atoms with Crippen LogP contribution in [0, 0.1) is 6.92 Å². The van der Waals surface area contributed by atoms with E-state index in [-0.39, 0.29) is 0 Å². The van der Waals surface area contributed by atoms with Crippen LogP contribution in [-0.2, 0) is 0 Å². The van der Waals surface area contributed by atoms with Gasteiger partial charge < -0.3 is 9.64 Å². The second-order valence-corrected chi connectivity index (χ2v) is 6.05. The molecule has 0 atom stereocenters. The minimum atomic E-state index is 0.631. The largest absolute Gasteiger partial charge is 0.476 e. The quantitative estimate of drug-likeness (QED) is 0.708. The Morgan fingerprint density at radius 1 is 1.00 bits per heavy atom. The van der Waals surface area contributed by atoms with Crippen LogP contribution in [0.5, 0.6) is 5.88 Å². The molecule has 0 unspecified atom stereocenters. The molecule has 3 rings (SSSR count). The van der Waals surface area contributed by atoms with Gasteiger partial charge in [0.1, 0.15) is 6.61 Å². The first-order chi connectivity index (χ1) is 11.1. The first-order valence-corrected chi connectivity index (χ1v) is 7.88. The second-order valence-electron chi connectivity index (χ2n) is 6.05.